The molecule has 0 unspecified atom stereocenters. The molecule has 0 radical (unpaired) electrons. The van der Waals surface area contributed by atoms with Crippen LogP contribution in [0.4, 0.5) is 33.6 Å². The van der Waals surface area contributed by atoms with Crippen molar-refractivity contribution in [2.45, 2.75) is 6.61 Å². The van der Waals surface area contributed by atoms with Gasteiger partial charge >= 0.3 is 6.09 Å². The summed E-state index contributed by atoms with van der Waals surface area (Å²) in [5.41, 5.74) is 4.12. The molecular weight excluding hydrogens is 398 g/mol. The Morgan fingerprint density at radius 2 is 2.16 bits per heavy atom. The van der Waals surface area contributed by atoms with Crippen LogP contribution >= 0.6 is 0 Å². The molecule has 1 aliphatic rings. The van der Waals surface area contributed by atoms with Gasteiger partial charge < -0.3 is 20.1 Å². The Labute approximate surface area is 176 Å². The second-order valence-electron chi connectivity index (χ2n) is 6.92. The van der Waals surface area contributed by atoms with Crippen molar-refractivity contribution in [2.75, 3.05) is 28.7 Å². The first-order valence-corrected chi connectivity index (χ1v) is 9.68. The number of fused-ring (bicyclic) bond motifs is 2. The van der Waals surface area contributed by atoms with E-state index in [0.717, 1.165) is 33.5 Å². The Morgan fingerprint density at radius 3 is 3.06 bits per heavy atom. The third-order valence-corrected chi connectivity index (χ3v) is 4.95. The van der Waals surface area contributed by atoms with Crippen molar-refractivity contribution >= 4 is 45.8 Å². The number of carbonyl (C=O) groups excluding carboxylic acids is 1. The SMILES string of the molecule is O=C1Nc2ccc(Nc3nccc(N(CCO)c4cccc5[nH]ncc45)n3)cc2CO1. The fourth-order valence-corrected chi connectivity index (χ4v) is 3.54. The zero-order valence-corrected chi connectivity index (χ0v) is 16.4. The number of hydrogen-bond donors (Lipinski definition) is 4. The minimum Gasteiger partial charge on any atom is -0.444 e. The number of amides is 1. The highest BCUT2D eigenvalue weighted by Crippen LogP contribution is 2.31. The number of nitrogens with one attached hydrogen (secondary N) is 3. The smallest absolute Gasteiger partial charge is 0.411 e. The largest absolute Gasteiger partial charge is 0.444 e. The van der Waals surface area contributed by atoms with E-state index in [1.54, 1.807) is 24.5 Å². The molecule has 3 heterocycles. The van der Waals surface area contributed by atoms with Gasteiger partial charge in [0.1, 0.15) is 12.4 Å². The number of H-pyrrole nitrogens is 1. The third-order valence-electron chi connectivity index (χ3n) is 4.95. The molecule has 0 spiro atoms. The normalized spacial score (nSPS) is 12.7. The maximum absolute atomic E-state index is 11.3. The molecule has 4 aromatic rings. The molecule has 0 saturated carbocycles. The van der Waals surface area contributed by atoms with Crippen molar-refractivity contribution in [1.29, 1.82) is 0 Å². The van der Waals surface area contributed by atoms with Crippen LogP contribution in [-0.4, -0.2) is 44.5 Å². The van der Waals surface area contributed by atoms with Crippen LogP contribution in [0.2, 0.25) is 0 Å². The van der Waals surface area contributed by atoms with Crippen LogP contribution in [0.3, 0.4) is 0 Å². The highest BCUT2D eigenvalue weighted by atomic mass is 16.5. The van der Waals surface area contributed by atoms with Crippen molar-refractivity contribution in [3.63, 3.8) is 0 Å². The van der Waals surface area contributed by atoms with Crippen LogP contribution in [-0.2, 0) is 11.3 Å². The van der Waals surface area contributed by atoms with Gasteiger partial charge in [0.2, 0.25) is 5.95 Å². The van der Waals surface area contributed by atoms with Gasteiger partial charge in [-0.1, -0.05) is 6.07 Å². The standard InChI is InChI=1S/C21H19N7O3/c29-9-8-28(18-3-1-2-17-15(18)11-23-27-17)19-6-7-22-20(26-19)24-14-4-5-16-13(10-14)12-31-21(30)25-16/h1-7,10-11,29H,8-9,12H2,(H,23,27)(H,25,30)(H,22,24,26). The third kappa shape index (κ3) is 3.71. The molecule has 156 valence electrons. The molecule has 10 heteroatoms. The highest BCUT2D eigenvalue weighted by molar-refractivity contribution is 5.93. The first-order chi connectivity index (χ1) is 15.2. The number of ether oxygens (including phenoxy) is 1. The Morgan fingerprint density at radius 1 is 1.23 bits per heavy atom. The number of carbonyl (C=O) groups is 1. The molecule has 1 aliphatic heterocycles. The number of aromatic nitrogens is 4. The Balaban J connectivity index is 1.45. The second-order valence-corrected chi connectivity index (χ2v) is 6.92. The zero-order valence-electron chi connectivity index (χ0n) is 16.4. The van der Waals surface area contributed by atoms with E-state index in [4.69, 9.17) is 4.74 Å². The molecule has 4 N–H and O–H groups in total. The van der Waals surface area contributed by atoms with Gasteiger partial charge in [0, 0.05) is 29.4 Å². The predicted octanol–water partition coefficient (Wildman–Crippen LogP) is 3.29. The summed E-state index contributed by atoms with van der Waals surface area (Å²) in [5, 5.41) is 23.5. The van der Waals surface area contributed by atoms with E-state index in [1.807, 2.05) is 35.2 Å². The quantitative estimate of drug-likeness (QED) is 0.376. The van der Waals surface area contributed by atoms with Gasteiger partial charge in [-0.25, -0.2) is 9.78 Å². The molecule has 0 bridgehead atoms. The van der Waals surface area contributed by atoms with E-state index in [2.05, 4.69) is 30.8 Å². The van der Waals surface area contributed by atoms with E-state index in [1.165, 1.54) is 0 Å². The summed E-state index contributed by atoms with van der Waals surface area (Å²) in [4.78, 5) is 22.2. The molecule has 0 fully saturated rings. The monoisotopic (exact) mass is 417 g/mol. The van der Waals surface area contributed by atoms with Crippen molar-refractivity contribution in [3.05, 3.63) is 60.4 Å². The lowest BCUT2D eigenvalue weighted by Crippen LogP contribution is -2.22. The molecule has 10 nitrogen and oxygen atoms in total. The molecule has 31 heavy (non-hydrogen) atoms. The molecule has 0 aliphatic carbocycles. The second kappa shape index (κ2) is 7.92. The van der Waals surface area contributed by atoms with Gasteiger partial charge in [0.15, 0.2) is 0 Å². The van der Waals surface area contributed by atoms with Gasteiger partial charge in [0.25, 0.3) is 0 Å². The Bertz CT molecular complexity index is 1260. The van der Waals surface area contributed by atoms with Crippen LogP contribution in [0.5, 0.6) is 0 Å². The number of anilines is 5. The van der Waals surface area contributed by atoms with Gasteiger partial charge in [0.05, 0.1) is 29.7 Å². The van der Waals surface area contributed by atoms with Crippen molar-refractivity contribution in [1.82, 2.24) is 20.2 Å². The van der Waals surface area contributed by atoms with Crippen molar-refractivity contribution in [2.24, 2.45) is 0 Å². The molecule has 5 rings (SSSR count). The number of aliphatic hydroxyl groups is 1. The minimum absolute atomic E-state index is 0.0441. The molecule has 2 aromatic carbocycles. The summed E-state index contributed by atoms with van der Waals surface area (Å²) < 4.78 is 5.02. The number of nitrogens with zero attached hydrogens (tertiary/aromatic N) is 4. The van der Waals surface area contributed by atoms with E-state index < -0.39 is 6.09 Å². The number of aliphatic hydroxyl groups excluding tert-OH is 1. The Kier molecular flexibility index (Phi) is 4.81. The summed E-state index contributed by atoms with van der Waals surface area (Å²) in [7, 11) is 0. The molecular formula is C21H19N7O3. The minimum atomic E-state index is -0.458. The highest BCUT2D eigenvalue weighted by Gasteiger charge is 2.17. The number of benzene rings is 2. The van der Waals surface area contributed by atoms with Gasteiger partial charge in [-0.2, -0.15) is 10.1 Å². The lowest BCUT2D eigenvalue weighted by molar-refractivity contribution is 0.151. The fourth-order valence-electron chi connectivity index (χ4n) is 3.54. The van der Waals surface area contributed by atoms with Gasteiger partial charge in [-0.15, -0.1) is 0 Å². The van der Waals surface area contributed by atoms with Crippen LogP contribution in [0.15, 0.2) is 54.9 Å². The van der Waals surface area contributed by atoms with Crippen molar-refractivity contribution < 1.29 is 14.6 Å². The van der Waals surface area contributed by atoms with Crippen LogP contribution < -0.4 is 15.5 Å². The van der Waals surface area contributed by atoms with E-state index >= 15 is 0 Å². The summed E-state index contributed by atoms with van der Waals surface area (Å²) in [6.07, 6.45) is 2.95. The fraction of sp³-hybridized carbons (Fsp3) is 0.143. The first-order valence-electron chi connectivity index (χ1n) is 9.68. The lowest BCUT2D eigenvalue weighted by atomic mass is 10.1. The molecule has 0 atom stereocenters. The number of hydrogen-bond acceptors (Lipinski definition) is 8. The van der Waals surface area contributed by atoms with E-state index in [0.29, 0.717) is 18.3 Å². The first kappa shape index (κ1) is 18.8. The molecule has 1 amide bonds. The van der Waals surface area contributed by atoms with Gasteiger partial charge in [-0.3, -0.25) is 10.4 Å². The zero-order chi connectivity index (χ0) is 21.2. The summed E-state index contributed by atoms with van der Waals surface area (Å²) >= 11 is 0. The molecule has 2 aromatic heterocycles. The number of aromatic amines is 1. The Hall–Kier alpha value is -4.18. The number of cyclic esters (lactones) is 1. The number of rotatable bonds is 6. The maximum atomic E-state index is 11.3. The average molecular weight is 417 g/mol. The summed E-state index contributed by atoms with van der Waals surface area (Å²) in [6, 6.07) is 13.1. The van der Waals surface area contributed by atoms with Crippen LogP contribution in [0.1, 0.15) is 5.56 Å². The van der Waals surface area contributed by atoms with Crippen LogP contribution in [0, 0.1) is 0 Å². The average Bonchev–Trinajstić information content (AvgIpc) is 3.27. The van der Waals surface area contributed by atoms with Crippen LogP contribution in [0.25, 0.3) is 10.9 Å². The van der Waals surface area contributed by atoms with Gasteiger partial charge in [-0.05, 0) is 36.4 Å². The van der Waals surface area contributed by atoms with E-state index in [9.17, 15) is 9.90 Å². The maximum Gasteiger partial charge on any atom is 0.411 e. The predicted molar refractivity (Wildman–Crippen MR) is 116 cm³/mol. The topological polar surface area (TPSA) is 128 Å². The summed E-state index contributed by atoms with van der Waals surface area (Å²) in [5.74, 6) is 1.04. The van der Waals surface area contributed by atoms with E-state index in [-0.39, 0.29) is 13.2 Å². The lowest BCUT2D eigenvalue weighted by Gasteiger charge is -2.24. The van der Waals surface area contributed by atoms with Crippen molar-refractivity contribution in [3.8, 4) is 0 Å². The summed E-state index contributed by atoms with van der Waals surface area (Å²) in [6.45, 7) is 0.519. The molecule has 0 saturated heterocycles.